The molecule has 0 atom stereocenters. The van der Waals surface area contributed by atoms with Crippen molar-refractivity contribution < 1.29 is 14.4 Å². The smallest absolute Gasteiger partial charge is 0.325 e. The number of fused-ring (bicyclic) bond motifs is 1. The summed E-state index contributed by atoms with van der Waals surface area (Å²) in [5.74, 6) is 0.961. The van der Waals surface area contributed by atoms with Crippen molar-refractivity contribution in [2.45, 2.75) is 32.4 Å². The molecule has 0 aliphatic carbocycles. The number of aryl methyl sites for hydroxylation is 1. The third-order valence-electron chi connectivity index (χ3n) is 3.58. The SMILES string of the molecule is O=C(CN1CC(=O)NC1=O)NCc1nnc2n1CCCC2. The number of nitrogens with zero attached hydrogens (tertiary/aromatic N) is 4. The van der Waals surface area contributed by atoms with Gasteiger partial charge in [0.25, 0.3) is 0 Å². The van der Waals surface area contributed by atoms with Gasteiger partial charge in [-0.2, -0.15) is 0 Å². The summed E-state index contributed by atoms with van der Waals surface area (Å²) in [5.41, 5.74) is 0. The standard InChI is InChI=1S/C12H16N6O3/c19-10(6-17-7-11(20)14-12(17)21)13-5-9-16-15-8-3-1-2-4-18(8)9/h1-7H2,(H,13,19)(H,14,20,21). The van der Waals surface area contributed by atoms with Crippen LogP contribution in [-0.4, -0.2) is 50.6 Å². The molecule has 9 nitrogen and oxygen atoms in total. The topological polar surface area (TPSA) is 109 Å². The van der Waals surface area contributed by atoms with Crippen molar-refractivity contribution in [3.05, 3.63) is 11.6 Å². The molecular weight excluding hydrogens is 276 g/mol. The zero-order valence-corrected chi connectivity index (χ0v) is 11.5. The van der Waals surface area contributed by atoms with E-state index in [1.165, 1.54) is 0 Å². The molecule has 0 radical (unpaired) electrons. The van der Waals surface area contributed by atoms with E-state index in [1.807, 2.05) is 4.57 Å². The van der Waals surface area contributed by atoms with E-state index >= 15 is 0 Å². The van der Waals surface area contributed by atoms with Crippen molar-refractivity contribution in [1.82, 2.24) is 30.3 Å². The summed E-state index contributed by atoms with van der Waals surface area (Å²) >= 11 is 0. The molecule has 0 aromatic carbocycles. The van der Waals surface area contributed by atoms with Crippen molar-refractivity contribution >= 4 is 17.8 Å². The second-order valence-electron chi connectivity index (χ2n) is 5.13. The molecule has 1 saturated heterocycles. The van der Waals surface area contributed by atoms with Crippen LogP contribution in [0, 0.1) is 0 Å². The summed E-state index contributed by atoms with van der Waals surface area (Å²) in [6.45, 7) is 0.928. The Morgan fingerprint density at radius 2 is 2.14 bits per heavy atom. The number of rotatable bonds is 4. The first-order valence-electron chi connectivity index (χ1n) is 6.90. The van der Waals surface area contributed by atoms with Gasteiger partial charge in [-0.15, -0.1) is 10.2 Å². The van der Waals surface area contributed by atoms with Crippen molar-refractivity contribution in [1.29, 1.82) is 0 Å². The summed E-state index contributed by atoms with van der Waals surface area (Å²) in [6, 6.07) is -0.532. The Morgan fingerprint density at radius 1 is 1.29 bits per heavy atom. The molecule has 0 spiro atoms. The third-order valence-corrected chi connectivity index (χ3v) is 3.58. The van der Waals surface area contributed by atoms with Crippen LogP contribution in [0.15, 0.2) is 0 Å². The quantitative estimate of drug-likeness (QED) is 0.676. The van der Waals surface area contributed by atoms with Gasteiger partial charge in [-0.3, -0.25) is 14.9 Å². The normalized spacial score (nSPS) is 17.6. The van der Waals surface area contributed by atoms with Gasteiger partial charge in [0.2, 0.25) is 11.8 Å². The summed E-state index contributed by atoms with van der Waals surface area (Å²) < 4.78 is 2.02. The second kappa shape index (κ2) is 5.51. The Balaban J connectivity index is 1.53. The van der Waals surface area contributed by atoms with Crippen LogP contribution >= 0.6 is 0 Å². The highest BCUT2D eigenvalue weighted by Crippen LogP contribution is 2.13. The third kappa shape index (κ3) is 2.86. The van der Waals surface area contributed by atoms with Gasteiger partial charge in [0.1, 0.15) is 18.9 Å². The lowest BCUT2D eigenvalue weighted by atomic mass is 10.2. The Kier molecular flexibility index (Phi) is 3.55. The molecule has 0 unspecified atom stereocenters. The highest BCUT2D eigenvalue weighted by atomic mass is 16.2. The number of carbonyl (C=O) groups excluding carboxylic acids is 3. The molecule has 0 bridgehead atoms. The van der Waals surface area contributed by atoms with Gasteiger partial charge < -0.3 is 14.8 Å². The van der Waals surface area contributed by atoms with Gasteiger partial charge in [-0.25, -0.2) is 4.79 Å². The first-order valence-corrected chi connectivity index (χ1v) is 6.90. The van der Waals surface area contributed by atoms with Gasteiger partial charge in [0.15, 0.2) is 5.82 Å². The lowest BCUT2D eigenvalue weighted by Crippen LogP contribution is -2.39. The van der Waals surface area contributed by atoms with Crippen molar-refractivity contribution in [3.63, 3.8) is 0 Å². The zero-order valence-electron chi connectivity index (χ0n) is 11.5. The summed E-state index contributed by atoms with van der Waals surface area (Å²) in [6.07, 6.45) is 3.11. The molecule has 4 amide bonds. The minimum Gasteiger partial charge on any atom is -0.347 e. The predicted octanol–water partition coefficient (Wildman–Crippen LogP) is -1.22. The fraction of sp³-hybridized carbons (Fsp3) is 0.583. The van der Waals surface area contributed by atoms with E-state index in [4.69, 9.17) is 0 Å². The number of amides is 4. The number of urea groups is 1. The maximum absolute atomic E-state index is 11.8. The molecule has 1 fully saturated rings. The van der Waals surface area contributed by atoms with Crippen LogP contribution in [-0.2, 0) is 29.1 Å². The van der Waals surface area contributed by atoms with Crippen LogP contribution < -0.4 is 10.6 Å². The monoisotopic (exact) mass is 292 g/mol. The second-order valence-corrected chi connectivity index (χ2v) is 5.13. The molecule has 1 aromatic rings. The molecular formula is C12H16N6O3. The van der Waals surface area contributed by atoms with E-state index in [2.05, 4.69) is 20.8 Å². The number of hydrogen-bond acceptors (Lipinski definition) is 5. The molecule has 21 heavy (non-hydrogen) atoms. The molecule has 2 aliphatic rings. The summed E-state index contributed by atoms with van der Waals surface area (Å²) in [7, 11) is 0. The average Bonchev–Trinajstić information content (AvgIpc) is 3.00. The lowest BCUT2D eigenvalue weighted by molar-refractivity contribution is -0.122. The number of carbonyl (C=O) groups is 3. The fourth-order valence-corrected chi connectivity index (χ4v) is 2.52. The van der Waals surface area contributed by atoms with E-state index in [9.17, 15) is 14.4 Å². The van der Waals surface area contributed by atoms with Crippen LogP contribution in [0.2, 0.25) is 0 Å². The number of hydrogen-bond donors (Lipinski definition) is 2. The van der Waals surface area contributed by atoms with E-state index in [0.29, 0.717) is 0 Å². The zero-order chi connectivity index (χ0) is 14.8. The van der Waals surface area contributed by atoms with Gasteiger partial charge >= 0.3 is 6.03 Å². The molecule has 2 N–H and O–H groups in total. The highest BCUT2D eigenvalue weighted by Gasteiger charge is 2.28. The summed E-state index contributed by atoms with van der Waals surface area (Å²) in [5, 5.41) is 13.0. The van der Waals surface area contributed by atoms with Crippen LogP contribution in [0.5, 0.6) is 0 Å². The Hall–Kier alpha value is -2.45. The lowest BCUT2D eigenvalue weighted by Gasteiger charge is -2.15. The van der Waals surface area contributed by atoms with Crippen molar-refractivity contribution in [3.8, 4) is 0 Å². The molecule has 9 heteroatoms. The average molecular weight is 292 g/mol. The summed E-state index contributed by atoms with van der Waals surface area (Å²) in [4.78, 5) is 35.3. The van der Waals surface area contributed by atoms with Crippen LogP contribution in [0.3, 0.4) is 0 Å². The van der Waals surface area contributed by atoms with Gasteiger partial charge in [-0.05, 0) is 12.8 Å². The molecule has 3 rings (SSSR count). The minimum absolute atomic E-state index is 0.0768. The largest absolute Gasteiger partial charge is 0.347 e. The Bertz CT molecular complexity index is 596. The van der Waals surface area contributed by atoms with Crippen LogP contribution in [0.1, 0.15) is 24.5 Å². The number of aromatic nitrogens is 3. The van der Waals surface area contributed by atoms with Gasteiger partial charge in [-0.1, -0.05) is 0 Å². The number of imide groups is 1. The van der Waals surface area contributed by atoms with Crippen LogP contribution in [0.4, 0.5) is 4.79 Å². The first-order chi connectivity index (χ1) is 10.1. The van der Waals surface area contributed by atoms with E-state index in [1.54, 1.807) is 0 Å². The van der Waals surface area contributed by atoms with Crippen LogP contribution in [0.25, 0.3) is 0 Å². The molecule has 0 saturated carbocycles. The maximum atomic E-state index is 11.8. The van der Waals surface area contributed by atoms with E-state index < -0.39 is 6.03 Å². The van der Waals surface area contributed by atoms with E-state index in [-0.39, 0.29) is 31.4 Å². The highest BCUT2D eigenvalue weighted by molar-refractivity contribution is 6.03. The Labute approximate surface area is 120 Å². The van der Waals surface area contributed by atoms with Gasteiger partial charge in [0, 0.05) is 13.0 Å². The molecule has 1 aromatic heterocycles. The Morgan fingerprint density at radius 3 is 2.90 bits per heavy atom. The van der Waals surface area contributed by atoms with Crippen molar-refractivity contribution in [2.24, 2.45) is 0 Å². The minimum atomic E-state index is -0.532. The van der Waals surface area contributed by atoms with Gasteiger partial charge in [0.05, 0.1) is 6.54 Å². The fourth-order valence-electron chi connectivity index (χ4n) is 2.52. The van der Waals surface area contributed by atoms with E-state index in [0.717, 1.165) is 42.4 Å². The molecule has 2 aliphatic heterocycles. The first kappa shape index (κ1) is 13.5. The maximum Gasteiger partial charge on any atom is 0.325 e. The molecule has 3 heterocycles. The molecule has 112 valence electrons. The predicted molar refractivity (Wildman–Crippen MR) is 69.9 cm³/mol. The van der Waals surface area contributed by atoms with Crippen molar-refractivity contribution in [2.75, 3.05) is 13.1 Å². The number of nitrogens with one attached hydrogen (secondary N) is 2.